The maximum Gasteiger partial charge on any atom is 0.416 e. The summed E-state index contributed by atoms with van der Waals surface area (Å²) in [6, 6.07) is 80.9. The van der Waals surface area contributed by atoms with E-state index >= 15 is 0 Å². The zero-order chi connectivity index (χ0) is 54.9. The summed E-state index contributed by atoms with van der Waals surface area (Å²) >= 11 is 0. The minimum absolute atomic E-state index is 0.356. The van der Waals surface area contributed by atoms with Gasteiger partial charge in [0, 0.05) is 56.4 Å². The summed E-state index contributed by atoms with van der Waals surface area (Å²) in [5, 5.41) is 0. The van der Waals surface area contributed by atoms with Crippen molar-refractivity contribution in [3.8, 4) is 44.5 Å². The standard InChI is InChI=1S/C70H48BF6N3/c1-45-29-39-62-60(41-45)71-61-42-46(2)30-40-63(61)80(68-57(48-19-9-4-10-20-48)26-16-28-59(68)50-33-37-52(38-34-50)70(75,76)77)65-44-55(78(53-21-11-5-12-22-53)54-23-13-6-14-24-54)43-64(66(65)71)79(62)67-56(47-17-7-3-8-18-47)25-15-27-58(67)49-31-35-51(36-32-49)69(72,73)74/h3-44H,1-2H3. The van der Waals surface area contributed by atoms with Crippen LogP contribution in [0.4, 0.5) is 77.5 Å². The summed E-state index contributed by atoms with van der Waals surface area (Å²) in [7, 11) is 0. The number of fused-ring (bicyclic) bond motifs is 4. The van der Waals surface area contributed by atoms with Crippen LogP contribution in [-0.2, 0) is 12.4 Å². The summed E-state index contributed by atoms with van der Waals surface area (Å²) in [4.78, 5) is 6.86. The lowest BCUT2D eigenvalue weighted by molar-refractivity contribution is -0.138. The van der Waals surface area contributed by atoms with Gasteiger partial charge in [-0.2, -0.15) is 26.3 Å². The molecule has 13 rings (SSSR count). The van der Waals surface area contributed by atoms with Crippen LogP contribution in [0.25, 0.3) is 44.5 Å². The highest BCUT2D eigenvalue weighted by Gasteiger charge is 2.46. The SMILES string of the molecule is Cc1ccc2c(c1)B1c3cc(C)ccc3N(c3c(-c4ccccc4)cccc3-c3ccc(C(F)(F)F)cc3)c3cc(N(c4ccccc4)c4ccccc4)cc(c31)N2c1c(-c2ccccc2)cccc1-c1ccc(C(F)(F)F)cc1. The van der Waals surface area contributed by atoms with Crippen molar-refractivity contribution in [1.29, 1.82) is 0 Å². The molecule has 2 aliphatic rings. The van der Waals surface area contributed by atoms with Crippen molar-refractivity contribution >= 4 is 74.3 Å². The molecule has 80 heavy (non-hydrogen) atoms. The van der Waals surface area contributed by atoms with E-state index in [9.17, 15) is 26.3 Å². The third-order valence-electron chi connectivity index (χ3n) is 15.4. The molecule has 0 atom stereocenters. The number of nitrogens with zero attached hydrogens (tertiary/aromatic N) is 3. The van der Waals surface area contributed by atoms with Gasteiger partial charge in [0.2, 0.25) is 0 Å². The largest absolute Gasteiger partial charge is 0.416 e. The number of hydrogen-bond acceptors (Lipinski definition) is 3. The van der Waals surface area contributed by atoms with Crippen molar-refractivity contribution in [2.45, 2.75) is 26.2 Å². The summed E-state index contributed by atoms with van der Waals surface area (Å²) < 4.78 is 86.0. The molecule has 0 aliphatic carbocycles. The third-order valence-corrected chi connectivity index (χ3v) is 15.4. The average molecular weight is 1060 g/mol. The normalized spacial score (nSPS) is 12.7. The fourth-order valence-corrected chi connectivity index (χ4v) is 11.9. The van der Waals surface area contributed by atoms with Crippen LogP contribution in [0.1, 0.15) is 22.3 Å². The lowest BCUT2D eigenvalue weighted by Crippen LogP contribution is -2.61. The summed E-state index contributed by atoms with van der Waals surface area (Å²) in [6.07, 6.45) is -9.08. The van der Waals surface area contributed by atoms with Crippen molar-refractivity contribution in [3.05, 3.63) is 277 Å². The monoisotopic (exact) mass is 1060 g/mol. The van der Waals surface area contributed by atoms with E-state index in [4.69, 9.17) is 0 Å². The van der Waals surface area contributed by atoms with Gasteiger partial charge in [-0.25, -0.2) is 0 Å². The van der Waals surface area contributed by atoms with Crippen molar-refractivity contribution in [1.82, 2.24) is 0 Å². The lowest BCUT2D eigenvalue weighted by atomic mass is 9.33. The molecule has 11 aromatic carbocycles. The Bertz CT molecular complexity index is 3850. The van der Waals surface area contributed by atoms with Gasteiger partial charge in [0.25, 0.3) is 6.71 Å². The molecule has 2 aliphatic heterocycles. The van der Waals surface area contributed by atoms with E-state index in [1.165, 1.54) is 0 Å². The van der Waals surface area contributed by atoms with Gasteiger partial charge >= 0.3 is 12.4 Å². The first-order chi connectivity index (χ1) is 38.8. The van der Waals surface area contributed by atoms with Crippen LogP contribution < -0.4 is 31.1 Å². The van der Waals surface area contributed by atoms with Crippen LogP contribution >= 0.6 is 0 Å². The molecule has 388 valence electrons. The van der Waals surface area contributed by atoms with Crippen LogP contribution in [0, 0.1) is 13.8 Å². The van der Waals surface area contributed by atoms with E-state index < -0.39 is 23.5 Å². The lowest BCUT2D eigenvalue weighted by Gasteiger charge is -2.46. The van der Waals surface area contributed by atoms with Crippen molar-refractivity contribution in [3.63, 3.8) is 0 Å². The minimum atomic E-state index is -4.54. The average Bonchev–Trinajstić information content (AvgIpc) is 3.57. The van der Waals surface area contributed by atoms with E-state index in [0.717, 1.165) is 136 Å². The summed E-state index contributed by atoms with van der Waals surface area (Å²) in [5.74, 6) is 0. The molecule has 0 unspecified atom stereocenters. The van der Waals surface area contributed by atoms with E-state index in [1.807, 2.05) is 97.1 Å². The van der Waals surface area contributed by atoms with Gasteiger partial charge in [0.15, 0.2) is 0 Å². The molecule has 0 N–H and O–H groups in total. The van der Waals surface area contributed by atoms with Crippen LogP contribution in [0.15, 0.2) is 255 Å². The fourth-order valence-electron chi connectivity index (χ4n) is 11.9. The Labute approximate surface area is 461 Å². The van der Waals surface area contributed by atoms with Crippen LogP contribution in [0.3, 0.4) is 0 Å². The molecule has 0 radical (unpaired) electrons. The number of hydrogen-bond donors (Lipinski definition) is 0. The molecule has 11 aromatic rings. The number of alkyl halides is 6. The molecular formula is C70H48BF6N3. The Kier molecular flexibility index (Phi) is 12.3. The van der Waals surface area contributed by atoms with Crippen molar-refractivity contribution in [2.75, 3.05) is 14.7 Å². The Morgan fingerprint density at radius 3 is 1.01 bits per heavy atom. The van der Waals surface area contributed by atoms with E-state index in [2.05, 4.69) is 138 Å². The van der Waals surface area contributed by atoms with Gasteiger partial charge in [0.1, 0.15) is 0 Å². The summed E-state index contributed by atoms with van der Waals surface area (Å²) in [5.41, 5.74) is 17.4. The van der Waals surface area contributed by atoms with Crippen LogP contribution in [0.5, 0.6) is 0 Å². The van der Waals surface area contributed by atoms with Crippen molar-refractivity contribution in [2.24, 2.45) is 0 Å². The van der Waals surface area contributed by atoms with Gasteiger partial charge in [-0.1, -0.05) is 193 Å². The first kappa shape index (κ1) is 50.0. The van der Waals surface area contributed by atoms with Crippen LogP contribution in [0.2, 0.25) is 0 Å². The fraction of sp³-hybridized carbons (Fsp3) is 0.0571. The molecule has 0 spiro atoms. The number of rotatable bonds is 9. The quantitative estimate of drug-likeness (QED) is 0.105. The zero-order valence-corrected chi connectivity index (χ0v) is 43.4. The maximum absolute atomic E-state index is 14.3. The third kappa shape index (κ3) is 8.77. The van der Waals surface area contributed by atoms with Crippen molar-refractivity contribution < 1.29 is 26.3 Å². The second-order valence-corrected chi connectivity index (χ2v) is 20.4. The highest BCUT2D eigenvalue weighted by Crippen LogP contribution is 2.54. The maximum atomic E-state index is 14.3. The van der Waals surface area contributed by atoms with Gasteiger partial charge in [-0.15, -0.1) is 0 Å². The van der Waals surface area contributed by atoms with E-state index in [-0.39, 0.29) is 6.71 Å². The van der Waals surface area contributed by atoms with Gasteiger partial charge in [0.05, 0.1) is 28.2 Å². The first-order valence-electron chi connectivity index (χ1n) is 26.4. The molecule has 3 nitrogen and oxygen atoms in total. The van der Waals surface area contributed by atoms with Crippen LogP contribution in [-0.4, -0.2) is 6.71 Å². The number of anilines is 9. The Balaban J connectivity index is 1.20. The van der Waals surface area contributed by atoms with Gasteiger partial charge < -0.3 is 14.7 Å². The topological polar surface area (TPSA) is 9.72 Å². The Hall–Kier alpha value is -9.54. The molecule has 0 saturated carbocycles. The molecular weight excluding hydrogens is 1010 g/mol. The molecule has 10 heteroatoms. The van der Waals surface area contributed by atoms with E-state index in [1.54, 1.807) is 24.3 Å². The van der Waals surface area contributed by atoms with Gasteiger partial charge in [-0.05, 0) is 125 Å². The highest BCUT2D eigenvalue weighted by molar-refractivity contribution is 7.00. The first-order valence-corrected chi connectivity index (χ1v) is 26.4. The van der Waals surface area contributed by atoms with Gasteiger partial charge in [-0.3, -0.25) is 0 Å². The second-order valence-electron chi connectivity index (χ2n) is 20.4. The van der Waals surface area contributed by atoms with E-state index in [0.29, 0.717) is 11.1 Å². The zero-order valence-electron chi connectivity index (χ0n) is 43.4. The second kappa shape index (κ2) is 19.7. The minimum Gasteiger partial charge on any atom is -0.310 e. The predicted molar refractivity (Wildman–Crippen MR) is 316 cm³/mol. The highest BCUT2D eigenvalue weighted by atomic mass is 19.4. The predicted octanol–water partition coefficient (Wildman–Crippen LogP) is 18.6. The Morgan fingerprint density at radius 2 is 0.662 bits per heavy atom. The summed E-state index contributed by atoms with van der Waals surface area (Å²) in [6.45, 7) is 3.82. The number of aryl methyl sites for hydroxylation is 2. The smallest absolute Gasteiger partial charge is 0.310 e. The number of para-hydroxylation sites is 4. The molecule has 0 amide bonds. The number of benzene rings is 11. The Morgan fingerprint density at radius 1 is 0.325 bits per heavy atom. The molecule has 0 bridgehead atoms. The molecule has 0 fully saturated rings. The molecule has 0 saturated heterocycles. The number of halogens is 6. The molecule has 0 aromatic heterocycles. The molecule has 2 heterocycles.